The van der Waals surface area contributed by atoms with Crippen LogP contribution in [0.5, 0.6) is 0 Å². The van der Waals surface area contributed by atoms with Gasteiger partial charge in [0.25, 0.3) is 0 Å². The molecule has 3 aromatic carbocycles. The van der Waals surface area contributed by atoms with E-state index >= 15 is 8.78 Å². The third-order valence-electron chi connectivity index (χ3n) is 8.23. The SMILES string of the molecule is [C-]#[N+]c1ccc(N2CCN(c3c(F)cc4c(=O)c(C(=O)O)cn(-c5ccc(CN6CCCC6)c(F)c5)c4c3Cl)CC2)cc1. The number of carboxylic acids is 1. The minimum absolute atomic E-state index is 0.0551. The molecule has 0 radical (unpaired) electrons. The summed E-state index contributed by atoms with van der Waals surface area (Å²) in [6.07, 6.45) is 3.27. The fourth-order valence-corrected chi connectivity index (χ4v) is 6.38. The Morgan fingerprint density at radius 3 is 2.19 bits per heavy atom. The van der Waals surface area contributed by atoms with Crippen LogP contribution in [0.1, 0.15) is 28.8 Å². The van der Waals surface area contributed by atoms with Crippen molar-refractivity contribution in [1.29, 1.82) is 0 Å². The smallest absolute Gasteiger partial charge is 0.341 e. The molecule has 0 spiro atoms. The number of pyridine rings is 1. The molecule has 1 N–H and O–H groups in total. The fourth-order valence-electron chi connectivity index (χ4n) is 5.97. The second-order valence-corrected chi connectivity index (χ2v) is 11.2. The number of anilines is 2. The molecule has 43 heavy (non-hydrogen) atoms. The van der Waals surface area contributed by atoms with E-state index < -0.39 is 28.6 Å². The summed E-state index contributed by atoms with van der Waals surface area (Å²) in [5.74, 6) is -2.69. The van der Waals surface area contributed by atoms with Gasteiger partial charge in [-0.1, -0.05) is 29.8 Å². The van der Waals surface area contributed by atoms with Gasteiger partial charge in [0.05, 0.1) is 28.2 Å². The van der Waals surface area contributed by atoms with E-state index in [0.29, 0.717) is 44.0 Å². The molecule has 6 rings (SSSR count). The average Bonchev–Trinajstić information content (AvgIpc) is 3.52. The molecule has 0 unspecified atom stereocenters. The normalized spacial score (nSPS) is 15.7. The van der Waals surface area contributed by atoms with E-state index in [9.17, 15) is 14.7 Å². The largest absolute Gasteiger partial charge is 0.477 e. The van der Waals surface area contributed by atoms with E-state index in [4.69, 9.17) is 18.2 Å². The summed E-state index contributed by atoms with van der Waals surface area (Å²) in [4.78, 5) is 34.7. The number of fused-ring (bicyclic) bond motifs is 1. The van der Waals surface area contributed by atoms with Gasteiger partial charge in [0.15, 0.2) is 5.69 Å². The highest BCUT2D eigenvalue weighted by Crippen LogP contribution is 2.38. The molecular formula is C32H28ClF2N5O3. The highest BCUT2D eigenvalue weighted by molar-refractivity contribution is 6.38. The van der Waals surface area contributed by atoms with Crippen molar-refractivity contribution >= 4 is 45.5 Å². The highest BCUT2D eigenvalue weighted by atomic mass is 35.5. The molecule has 0 saturated carbocycles. The molecule has 2 aliphatic rings. The molecule has 0 atom stereocenters. The van der Waals surface area contributed by atoms with Crippen molar-refractivity contribution in [2.45, 2.75) is 19.4 Å². The van der Waals surface area contributed by atoms with E-state index in [-0.39, 0.29) is 27.3 Å². The number of carboxylic acid groups (broad SMARTS) is 1. The minimum atomic E-state index is -1.48. The van der Waals surface area contributed by atoms with Gasteiger partial charge in [-0.15, -0.1) is 0 Å². The number of aromatic carboxylic acids is 1. The molecule has 11 heteroatoms. The van der Waals surface area contributed by atoms with E-state index in [1.807, 2.05) is 12.1 Å². The third kappa shape index (κ3) is 5.42. The number of hydrogen-bond acceptors (Lipinski definition) is 5. The minimum Gasteiger partial charge on any atom is -0.477 e. The second-order valence-electron chi connectivity index (χ2n) is 10.8. The van der Waals surface area contributed by atoms with Crippen LogP contribution in [0.3, 0.4) is 0 Å². The van der Waals surface area contributed by atoms with Gasteiger partial charge in [0, 0.05) is 55.9 Å². The fraction of sp³-hybridized carbons (Fsp3) is 0.281. The first kappa shape index (κ1) is 28.6. The van der Waals surface area contributed by atoms with Crippen molar-refractivity contribution in [3.8, 4) is 5.69 Å². The highest BCUT2D eigenvalue weighted by Gasteiger charge is 2.27. The Hall–Kier alpha value is -4.46. The van der Waals surface area contributed by atoms with Gasteiger partial charge in [-0.3, -0.25) is 9.69 Å². The molecule has 8 nitrogen and oxygen atoms in total. The number of likely N-dealkylation sites (tertiary alicyclic amines) is 1. The van der Waals surface area contributed by atoms with Gasteiger partial charge in [-0.25, -0.2) is 18.4 Å². The monoisotopic (exact) mass is 603 g/mol. The van der Waals surface area contributed by atoms with Crippen LogP contribution in [0.4, 0.5) is 25.8 Å². The first-order valence-electron chi connectivity index (χ1n) is 14.0. The Morgan fingerprint density at radius 2 is 1.56 bits per heavy atom. The number of benzene rings is 3. The summed E-state index contributed by atoms with van der Waals surface area (Å²) < 4.78 is 32.4. The van der Waals surface area contributed by atoms with Crippen molar-refractivity contribution < 1.29 is 18.7 Å². The van der Waals surface area contributed by atoms with Crippen LogP contribution in [0, 0.1) is 18.2 Å². The van der Waals surface area contributed by atoms with Crippen molar-refractivity contribution in [2.24, 2.45) is 0 Å². The zero-order valence-corrected chi connectivity index (χ0v) is 23.9. The zero-order chi connectivity index (χ0) is 30.2. The molecule has 1 aromatic heterocycles. The molecular weight excluding hydrogens is 576 g/mol. The molecule has 3 heterocycles. The van der Waals surface area contributed by atoms with Crippen molar-refractivity contribution in [3.63, 3.8) is 0 Å². The Kier molecular flexibility index (Phi) is 7.77. The topological polar surface area (TPSA) is 73.4 Å². The number of rotatable bonds is 6. The summed E-state index contributed by atoms with van der Waals surface area (Å²) in [6, 6.07) is 12.9. The zero-order valence-electron chi connectivity index (χ0n) is 23.2. The maximum atomic E-state index is 15.7. The van der Waals surface area contributed by atoms with Gasteiger partial charge < -0.3 is 19.5 Å². The molecule has 2 aliphatic heterocycles. The van der Waals surface area contributed by atoms with Crippen LogP contribution in [0.25, 0.3) is 21.4 Å². The van der Waals surface area contributed by atoms with Gasteiger partial charge >= 0.3 is 5.97 Å². The first-order chi connectivity index (χ1) is 20.7. The lowest BCUT2D eigenvalue weighted by atomic mass is 10.1. The van der Waals surface area contributed by atoms with E-state index in [2.05, 4.69) is 14.6 Å². The quantitative estimate of drug-likeness (QED) is 0.269. The second kappa shape index (κ2) is 11.7. The maximum Gasteiger partial charge on any atom is 0.341 e. The summed E-state index contributed by atoms with van der Waals surface area (Å²) >= 11 is 6.88. The Balaban J connectivity index is 1.39. The average molecular weight is 604 g/mol. The van der Waals surface area contributed by atoms with Crippen LogP contribution in [0.2, 0.25) is 5.02 Å². The number of aromatic nitrogens is 1. The maximum absolute atomic E-state index is 15.7. The Morgan fingerprint density at radius 1 is 0.907 bits per heavy atom. The van der Waals surface area contributed by atoms with Crippen molar-refractivity contribution in [3.05, 3.63) is 104 Å². The van der Waals surface area contributed by atoms with Crippen LogP contribution >= 0.6 is 11.6 Å². The van der Waals surface area contributed by atoms with Gasteiger partial charge in [-0.2, -0.15) is 0 Å². The summed E-state index contributed by atoms with van der Waals surface area (Å²) in [5, 5.41) is 9.49. The van der Waals surface area contributed by atoms with Crippen LogP contribution < -0.4 is 15.2 Å². The van der Waals surface area contributed by atoms with Crippen LogP contribution in [0.15, 0.2) is 59.5 Å². The van der Waals surface area contributed by atoms with E-state index in [1.165, 1.54) is 10.6 Å². The number of hydrogen-bond donors (Lipinski definition) is 1. The molecule has 0 bridgehead atoms. The molecule has 0 aliphatic carbocycles. The van der Waals surface area contributed by atoms with Crippen molar-refractivity contribution in [2.75, 3.05) is 49.1 Å². The molecule has 4 aromatic rings. The standard InChI is InChI=1S/C32H28ClF2N5O3/c1-36-21-5-8-22(9-6-21)38-12-14-39(15-13-38)30-27(35)17-24-29(28(30)33)40(19-25(31(24)41)32(42)43)23-7-4-20(26(34)16-23)18-37-10-2-3-11-37/h4-9,16-17,19H,2-3,10-15,18H2,(H,42,43). The molecule has 2 saturated heterocycles. The molecule has 0 amide bonds. The van der Waals surface area contributed by atoms with Gasteiger partial charge in [-0.05, 0) is 56.3 Å². The van der Waals surface area contributed by atoms with Crippen LogP contribution in [-0.2, 0) is 6.54 Å². The first-order valence-corrected chi connectivity index (χ1v) is 14.4. The lowest BCUT2D eigenvalue weighted by Crippen LogP contribution is -2.47. The van der Waals surface area contributed by atoms with E-state index in [0.717, 1.165) is 43.9 Å². The number of carbonyl (C=O) groups is 1. The number of piperazine rings is 1. The van der Waals surface area contributed by atoms with Crippen LogP contribution in [-0.4, -0.2) is 59.8 Å². The predicted octanol–water partition coefficient (Wildman–Crippen LogP) is 6.09. The Bertz CT molecular complexity index is 1820. The van der Waals surface area contributed by atoms with Gasteiger partial charge in [0.1, 0.15) is 17.2 Å². The lowest BCUT2D eigenvalue weighted by molar-refractivity contribution is 0.0695. The summed E-state index contributed by atoms with van der Waals surface area (Å²) in [6.45, 7) is 11.4. The summed E-state index contributed by atoms with van der Waals surface area (Å²) in [5.41, 5.74) is 1.03. The summed E-state index contributed by atoms with van der Waals surface area (Å²) in [7, 11) is 0. The van der Waals surface area contributed by atoms with Gasteiger partial charge in [0.2, 0.25) is 5.43 Å². The predicted molar refractivity (Wildman–Crippen MR) is 163 cm³/mol. The number of nitrogens with zero attached hydrogens (tertiary/aromatic N) is 5. The third-order valence-corrected chi connectivity index (χ3v) is 8.59. The van der Waals surface area contributed by atoms with E-state index in [1.54, 1.807) is 29.2 Å². The molecule has 220 valence electrons. The lowest BCUT2D eigenvalue weighted by Gasteiger charge is -2.38. The molecule has 2 fully saturated rings. The van der Waals surface area contributed by atoms with Crippen molar-refractivity contribution in [1.82, 2.24) is 9.47 Å². The number of halogens is 3. The Labute approximate surface area is 251 Å².